The van der Waals surface area contributed by atoms with Crippen molar-refractivity contribution < 1.29 is 14.3 Å². The molecule has 0 aromatic rings. The molecule has 0 aliphatic rings. The first kappa shape index (κ1) is 15.3. The van der Waals surface area contributed by atoms with Crippen molar-refractivity contribution in [3.05, 3.63) is 0 Å². The van der Waals surface area contributed by atoms with Crippen LogP contribution in [0.5, 0.6) is 0 Å². The molecule has 0 aliphatic carbocycles. The van der Waals surface area contributed by atoms with Gasteiger partial charge in [-0.05, 0) is 13.8 Å². The van der Waals surface area contributed by atoms with Gasteiger partial charge in [-0.15, -0.1) is 0 Å². The molecule has 1 amide bonds. The van der Waals surface area contributed by atoms with E-state index in [1.165, 1.54) is 0 Å². The van der Waals surface area contributed by atoms with E-state index in [4.69, 9.17) is 9.47 Å². The van der Waals surface area contributed by atoms with E-state index in [2.05, 4.69) is 10.6 Å². The molecule has 0 spiro atoms. The Balaban J connectivity index is 3.68. The topological polar surface area (TPSA) is 59.6 Å². The average molecular weight is 232 g/mol. The average Bonchev–Trinajstić information content (AvgIpc) is 2.23. The van der Waals surface area contributed by atoms with Crippen LogP contribution < -0.4 is 10.6 Å². The van der Waals surface area contributed by atoms with Crippen molar-refractivity contribution in [1.29, 1.82) is 0 Å². The van der Waals surface area contributed by atoms with Gasteiger partial charge in [-0.2, -0.15) is 0 Å². The zero-order valence-electron chi connectivity index (χ0n) is 10.7. The molecule has 0 unspecified atom stereocenters. The predicted octanol–water partition coefficient (Wildman–Crippen LogP) is 0.500. The summed E-state index contributed by atoms with van der Waals surface area (Å²) >= 11 is 0. The maximum Gasteiger partial charge on any atom is 0.234 e. The lowest BCUT2D eigenvalue weighted by Crippen LogP contribution is -2.41. The zero-order chi connectivity index (χ0) is 12.4. The third-order valence-corrected chi connectivity index (χ3v) is 1.84. The van der Waals surface area contributed by atoms with E-state index in [9.17, 15) is 4.79 Å². The number of carbonyl (C=O) groups excluding carboxylic acids is 1. The third-order valence-electron chi connectivity index (χ3n) is 1.84. The highest BCUT2D eigenvalue weighted by atomic mass is 16.7. The highest BCUT2D eigenvalue weighted by molar-refractivity contribution is 5.77. The summed E-state index contributed by atoms with van der Waals surface area (Å²) in [6, 6.07) is 0.306. The van der Waals surface area contributed by atoms with Crippen LogP contribution in [0.1, 0.15) is 27.7 Å². The lowest BCUT2D eigenvalue weighted by molar-refractivity contribution is -0.140. The van der Waals surface area contributed by atoms with Gasteiger partial charge < -0.3 is 20.1 Å². The second-order valence-corrected chi connectivity index (χ2v) is 3.68. The van der Waals surface area contributed by atoms with Crippen molar-refractivity contribution >= 4 is 5.91 Å². The van der Waals surface area contributed by atoms with Crippen LogP contribution in [0.2, 0.25) is 0 Å². The number of hydrogen-bond donors (Lipinski definition) is 2. The summed E-state index contributed by atoms with van der Waals surface area (Å²) in [5, 5.41) is 5.80. The Morgan fingerprint density at radius 1 is 1.19 bits per heavy atom. The molecule has 0 aromatic heterocycles. The molecule has 16 heavy (non-hydrogen) atoms. The van der Waals surface area contributed by atoms with Crippen molar-refractivity contribution in [3.63, 3.8) is 0 Å². The Morgan fingerprint density at radius 3 is 2.19 bits per heavy atom. The zero-order valence-corrected chi connectivity index (χ0v) is 10.7. The predicted molar refractivity (Wildman–Crippen MR) is 63.2 cm³/mol. The Morgan fingerprint density at radius 2 is 1.75 bits per heavy atom. The van der Waals surface area contributed by atoms with Crippen LogP contribution in [-0.4, -0.2) is 44.5 Å². The van der Waals surface area contributed by atoms with Crippen molar-refractivity contribution in [2.75, 3.05) is 26.3 Å². The lowest BCUT2D eigenvalue weighted by Gasteiger charge is -2.17. The fourth-order valence-electron chi connectivity index (χ4n) is 1.09. The normalized spacial score (nSPS) is 11.1. The Kier molecular flexibility index (Phi) is 9.18. The van der Waals surface area contributed by atoms with Gasteiger partial charge in [0.2, 0.25) is 5.91 Å². The molecule has 0 heterocycles. The van der Waals surface area contributed by atoms with Crippen molar-refractivity contribution in [1.82, 2.24) is 10.6 Å². The first-order valence-corrected chi connectivity index (χ1v) is 5.83. The van der Waals surface area contributed by atoms with Crippen LogP contribution >= 0.6 is 0 Å². The second kappa shape index (κ2) is 9.57. The van der Waals surface area contributed by atoms with Gasteiger partial charge in [0.1, 0.15) is 0 Å². The van der Waals surface area contributed by atoms with E-state index in [0.29, 0.717) is 32.3 Å². The molecule has 96 valence electrons. The lowest BCUT2D eigenvalue weighted by atomic mass is 10.4. The fourth-order valence-corrected chi connectivity index (χ4v) is 1.09. The second-order valence-electron chi connectivity index (χ2n) is 3.68. The first-order chi connectivity index (χ1) is 7.60. The van der Waals surface area contributed by atoms with E-state index in [-0.39, 0.29) is 12.2 Å². The van der Waals surface area contributed by atoms with Gasteiger partial charge in [0.15, 0.2) is 6.29 Å². The highest BCUT2D eigenvalue weighted by Gasteiger charge is 2.09. The van der Waals surface area contributed by atoms with E-state index >= 15 is 0 Å². The monoisotopic (exact) mass is 232 g/mol. The van der Waals surface area contributed by atoms with Crippen molar-refractivity contribution in [2.45, 2.75) is 40.0 Å². The molecule has 0 saturated carbocycles. The van der Waals surface area contributed by atoms with Crippen molar-refractivity contribution in [3.8, 4) is 0 Å². The standard InChI is InChI=1S/C11H24N2O3/c1-5-15-11(16-6-2)8-13-10(14)7-12-9(3)4/h9,11-12H,5-8H2,1-4H3,(H,13,14). The molecule has 0 saturated heterocycles. The van der Waals surface area contributed by atoms with Gasteiger partial charge in [0, 0.05) is 19.3 Å². The molecule has 5 nitrogen and oxygen atoms in total. The summed E-state index contributed by atoms with van der Waals surface area (Å²) in [6.45, 7) is 9.65. The van der Waals surface area contributed by atoms with E-state index in [0.717, 1.165) is 0 Å². The highest BCUT2D eigenvalue weighted by Crippen LogP contribution is 1.92. The Hall–Kier alpha value is -0.650. The summed E-state index contributed by atoms with van der Waals surface area (Å²) in [5.41, 5.74) is 0. The molecule has 0 atom stereocenters. The number of amides is 1. The van der Waals surface area contributed by atoms with Crippen LogP contribution in [0, 0.1) is 0 Å². The fraction of sp³-hybridized carbons (Fsp3) is 0.909. The van der Waals surface area contributed by atoms with Crippen molar-refractivity contribution in [2.24, 2.45) is 0 Å². The molecular formula is C11H24N2O3. The quantitative estimate of drug-likeness (QED) is 0.568. The first-order valence-electron chi connectivity index (χ1n) is 5.83. The van der Waals surface area contributed by atoms with Gasteiger partial charge in [0.25, 0.3) is 0 Å². The molecule has 0 aliphatic heterocycles. The Labute approximate surface area is 97.9 Å². The van der Waals surface area contributed by atoms with Gasteiger partial charge in [-0.1, -0.05) is 13.8 Å². The van der Waals surface area contributed by atoms with Crippen LogP contribution in [0.4, 0.5) is 0 Å². The smallest absolute Gasteiger partial charge is 0.234 e. The molecule has 0 radical (unpaired) electrons. The molecular weight excluding hydrogens is 208 g/mol. The molecule has 2 N–H and O–H groups in total. The minimum atomic E-state index is -0.349. The largest absolute Gasteiger partial charge is 0.351 e. The van der Waals surface area contributed by atoms with E-state index in [1.807, 2.05) is 27.7 Å². The summed E-state index contributed by atoms with van der Waals surface area (Å²) < 4.78 is 10.6. The van der Waals surface area contributed by atoms with E-state index in [1.54, 1.807) is 0 Å². The number of nitrogens with one attached hydrogen (secondary N) is 2. The third kappa shape index (κ3) is 8.64. The number of carbonyl (C=O) groups is 1. The molecule has 0 bridgehead atoms. The van der Waals surface area contributed by atoms with Crippen LogP contribution in [0.25, 0.3) is 0 Å². The number of ether oxygens (including phenoxy) is 2. The maximum atomic E-state index is 11.4. The molecule has 5 heteroatoms. The number of hydrogen-bond acceptors (Lipinski definition) is 4. The SMILES string of the molecule is CCOC(CNC(=O)CNC(C)C)OCC. The van der Waals surface area contributed by atoms with Crippen LogP contribution in [-0.2, 0) is 14.3 Å². The minimum absolute atomic E-state index is 0.0434. The van der Waals surface area contributed by atoms with Gasteiger partial charge in [0.05, 0.1) is 13.1 Å². The molecule has 0 aromatic carbocycles. The summed E-state index contributed by atoms with van der Waals surface area (Å²) in [5.74, 6) is -0.0434. The van der Waals surface area contributed by atoms with Gasteiger partial charge in [-0.3, -0.25) is 4.79 Å². The minimum Gasteiger partial charge on any atom is -0.351 e. The van der Waals surface area contributed by atoms with E-state index < -0.39 is 0 Å². The summed E-state index contributed by atoms with van der Waals surface area (Å²) in [4.78, 5) is 11.4. The Bertz CT molecular complexity index is 180. The van der Waals surface area contributed by atoms with Gasteiger partial charge in [-0.25, -0.2) is 0 Å². The molecule has 0 fully saturated rings. The summed E-state index contributed by atoms with van der Waals surface area (Å²) in [7, 11) is 0. The van der Waals surface area contributed by atoms with Crippen LogP contribution in [0.3, 0.4) is 0 Å². The van der Waals surface area contributed by atoms with Gasteiger partial charge >= 0.3 is 0 Å². The summed E-state index contributed by atoms with van der Waals surface area (Å²) in [6.07, 6.45) is -0.349. The maximum absolute atomic E-state index is 11.4. The number of rotatable bonds is 9. The van der Waals surface area contributed by atoms with Crippen LogP contribution in [0.15, 0.2) is 0 Å². The molecule has 0 rings (SSSR count).